The van der Waals surface area contributed by atoms with Crippen LogP contribution in [0.5, 0.6) is 0 Å². The number of aliphatic hydroxyl groups is 1. The second-order valence-electron chi connectivity index (χ2n) is 9.62. The van der Waals surface area contributed by atoms with E-state index in [4.69, 9.17) is 9.47 Å². The van der Waals surface area contributed by atoms with E-state index in [0.717, 1.165) is 5.56 Å². The highest BCUT2D eigenvalue weighted by Crippen LogP contribution is 2.25. The van der Waals surface area contributed by atoms with Crippen molar-refractivity contribution >= 4 is 30.2 Å². The zero-order valence-electron chi connectivity index (χ0n) is 20.1. The summed E-state index contributed by atoms with van der Waals surface area (Å²) >= 11 is 1.64. The average molecular weight is 480 g/mol. The molecule has 2 rings (SSSR count). The number of carbonyl (C=O) groups excluding carboxylic acids is 2. The Morgan fingerprint density at radius 3 is 2.45 bits per heavy atom. The van der Waals surface area contributed by atoms with Crippen LogP contribution in [-0.4, -0.2) is 65.0 Å². The summed E-state index contributed by atoms with van der Waals surface area (Å²) in [5.74, 6) is 1.02. The number of ether oxygens (including phenoxy) is 2. The molecule has 184 valence electrons. The first kappa shape index (κ1) is 27.0. The normalized spacial score (nSPS) is 18.5. The van der Waals surface area contributed by atoms with Crippen LogP contribution in [0.2, 0.25) is 0 Å². The third-order valence-corrected chi connectivity index (χ3v) is 5.93. The molecule has 33 heavy (non-hydrogen) atoms. The largest absolute Gasteiger partial charge is 0.445 e. The van der Waals surface area contributed by atoms with Crippen LogP contribution < -0.4 is 10.6 Å². The highest BCUT2D eigenvalue weighted by atomic mass is 32.2. The van der Waals surface area contributed by atoms with Gasteiger partial charge in [0.1, 0.15) is 18.3 Å². The molecule has 0 aliphatic carbocycles. The van der Waals surface area contributed by atoms with E-state index >= 15 is 0 Å². The van der Waals surface area contributed by atoms with E-state index in [2.05, 4.69) is 29.5 Å². The van der Waals surface area contributed by atoms with Gasteiger partial charge in [0, 0.05) is 18.2 Å². The Kier molecular flexibility index (Phi) is 10.5. The lowest BCUT2D eigenvalue weighted by Gasteiger charge is -2.27. The molecule has 0 aromatic heterocycles. The van der Waals surface area contributed by atoms with Crippen LogP contribution in [0, 0.1) is 5.92 Å². The number of thioether (sulfide) groups is 1. The summed E-state index contributed by atoms with van der Waals surface area (Å²) in [7, 11) is 0. The minimum Gasteiger partial charge on any atom is -0.445 e. The van der Waals surface area contributed by atoms with Crippen LogP contribution in [-0.2, 0) is 15.9 Å². The lowest BCUT2D eigenvalue weighted by atomic mass is 10.0. The molecular formula is C24H37N3O5S. The third kappa shape index (κ3) is 10.5. The van der Waals surface area contributed by atoms with Crippen LogP contribution in [0.4, 0.5) is 9.59 Å². The lowest BCUT2D eigenvalue weighted by molar-refractivity contribution is 0.000620. The van der Waals surface area contributed by atoms with Crippen molar-refractivity contribution in [3.8, 4) is 0 Å². The standard InChI is InChI=1S/C24H37N3O5S/c1-16(2)11-20(21-14-25-15-33-21)32-22(29)26-13-18(28)19(12-17-9-7-6-8-10-17)31-23(30)27-24(3,4)5/h6-10,14,16,18-21,28H,11-13,15H2,1-5H3,(H,26,29)(H,27,30). The second-order valence-corrected chi connectivity index (χ2v) is 10.8. The van der Waals surface area contributed by atoms with E-state index in [1.807, 2.05) is 57.3 Å². The number of hydrogen-bond donors (Lipinski definition) is 3. The molecule has 8 nitrogen and oxygen atoms in total. The maximum atomic E-state index is 12.5. The predicted molar refractivity (Wildman–Crippen MR) is 132 cm³/mol. The molecular weight excluding hydrogens is 442 g/mol. The van der Waals surface area contributed by atoms with Crippen LogP contribution in [0.15, 0.2) is 35.3 Å². The number of alkyl carbamates (subject to hydrolysis) is 2. The predicted octanol–water partition coefficient (Wildman–Crippen LogP) is 3.77. The number of carbonyl (C=O) groups is 2. The Morgan fingerprint density at radius 2 is 1.88 bits per heavy atom. The molecule has 1 aromatic carbocycles. The Bertz CT molecular complexity index is 782. The molecule has 1 heterocycles. The molecule has 0 bridgehead atoms. The number of nitrogens with zero attached hydrogens (tertiary/aromatic N) is 1. The van der Waals surface area contributed by atoms with Gasteiger partial charge in [-0.15, -0.1) is 11.8 Å². The van der Waals surface area contributed by atoms with E-state index in [1.54, 1.807) is 11.8 Å². The van der Waals surface area contributed by atoms with Gasteiger partial charge in [-0.1, -0.05) is 44.2 Å². The monoisotopic (exact) mass is 479 g/mol. The van der Waals surface area contributed by atoms with Crippen molar-refractivity contribution in [2.75, 3.05) is 12.4 Å². The van der Waals surface area contributed by atoms with Gasteiger partial charge in [0.25, 0.3) is 0 Å². The fraction of sp³-hybridized carbons (Fsp3) is 0.625. The number of aliphatic hydroxyl groups excluding tert-OH is 1. The van der Waals surface area contributed by atoms with E-state index in [-0.39, 0.29) is 17.9 Å². The van der Waals surface area contributed by atoms with Crippen LogP contribution in [0.3, 0.4) is 0 Å². The number of nitrogens with one attached hydrogen (secondary N) is 2. The lowest BCUT2D eigenvalue weighted by Crippen LogP contribution is -2.47. The summed E-state index contributed by atoms with van der Waals surface area (Å²) in [4.78, 5) is 29.0. The maximum Gasteiger partial charge on any atom is 0.407 e. The molecule has 9 heteroatoms. The zero-order chi connectivity index (χ0) is 24.4. The van der Waals surface area contributed by atoms with Crippen molar-refractivity contribution in [1.82, 2.24) is 10.6 Å². The SMILES string of the molecule is CC(C)CC(OC(=O)NCC(O)C(Cc1ccccc1)OC(=O)NC(C)(C)C)C1C=NCS1. The fourth-order valence-electron chi connectivity index (χ4n) is 3.31. The summed E-state index contributed by atoms with van der Waals surface area (Å²) in [6.07, 6.45) is -0.649. The summed E-state index contributed by atoms with van der Waals surface area (Å²) in [6, 6.07) is 9.43. The van der Waals surface area contributed by atoms with Crippen molar-refractivity contribution in [2.24, 2.45) is 10.9 Å². The minimum atomic E-state index is -1.12. The molecule has 4 unspecified atom stereocenters. The number of rotatable bonds is 10. The molecule has 2 amide bonds. The van der Waals surface area contributed by atoms with Crippen LogP contribution in [0.25, 0.3) is 0 Å². The van der Waals surface area contributed by atoms with Gasteiger partial charge in [-0.05, 0) is 38.7 Å². The van der Waals surface area contributed by atoms with Crippen molar-refractivity contribution in [3.05, 3.63) is 35.9 Å². The Labute approximate surface area is 200 Å². The summed E-state index contributed by atoms with van der Waals surface area (Å²) in [6.45, 7) is 9.56. The van der Waals surface area contributed by atoms with Gasteiger partial charge in [-0.3, -0.25) is 4.99 Å². The molecule has 1 aliphatic rings. The van der Waals surface area contributed by atoms with Crippen molar-refractivity contribution in [1.29, 1.82) is 0 Å². The topological polar surface area (TPSA) is 109 Å². The molecule has 1 aliphatic heterocycles. The molecule has 0 radical (unpaired) electrons. The summed E-state index contributed by atoms with van der Waals surface area (Å²) in [5.41, 5.74) is 0.427. The number of benzene rings is 1. The van der Waals surface area contributed by atoms with E-state index < -0.39 is 29.9 Å². The Balaban J connectivity index is 1.96. The Hall–Kier alpha value is -2.26. The molecule has 0 saturated heterocycles. The first-order chi connectivity index (χ1) is 15.5. The molecule has 0 spiro atoms. The van der Waals surface area contributed by atoms with E-state index in [9.17, 15) is 14.7 Å². The van der Waals surface area contributed by atoms with Gasteiger partial charge in [0.2, 0.25) is 0 Å². The molecule has 3 N–H and O–H groups in total. The van der Waals surface area contributed by atoms with Crippen molar-refractivity contribution in [2.45, 2.75) is 76.6 Å². The van der Waals surface area contributed by atoms with Crippen LogP contribution >= 0.6 is 11.8 Å². The highest BCUT2D eigenvalue weighted by Gasteiger charge is 2.29. The van der Waals surface area contributed by atoms with Gasteiger partial charge in [-0.2, -0.15) is 0 Å². The minimum absolute atomic E-state index is 0.0262. The number of amides is 2. The van der Waals surface area contributed by atoms with Crippen molar-refractivity contribution in [3.63, 3.8) is 0 Å². The first-order valence-corrected chi connectivity index (χ1v) is 12.3. The van der Waals surface area contributed by atoms with Gasteiger partial charge in [-0.25, -0.2) is 9.59 Å². The van der Waals surface area contributed by atoms with Gasteiger partial charge < -0.3 is 25.2 Å². The first-order valence-electron chi connectivity index (χ1n) is 11.3. The average Bonchev–Trinajstić information content (AvgIpc) is 3.25. The van der Waals surface area contributed by atoms with Gasteiger partial charge in [0.05, 0.1) is 17.7 Å². The maximum absolute atomic E-state index is 12.5. The molecule has 1 aromatic rings. The van der Waals surface area contributed by atoms with Crippen LogP contribution in [0.1, 0.15) is 46.6 Å². The number of hydrogen-bond acceptors (Lipinski definition) is 7. The van der Waals surface area contributed by atoms with Crippen molar-refractivity contribution < 1.29 is 24.2 Å². The van der Waals surface area contributed by atoms with E-state index in [1.165, 1.54) is 0 Å². The quantitative estimate of drug-likeness (QED) is 0.471. The van der Waals surface area contributed by atoms with Gasteiger partial charge in [0.15, 0.2) is 0 Å². The summed E-state index contributed by atoms with van der Waals surface area (Å²) in [5, 5.41) is 16.1. The number of aliphatic imine (C=N–C) groups is 1. The summed E-state index contributed by atoms with van der Waals surface area (Å²) < 4.78 is 11.2. The molecule has 0 saturated carbocycles. The third-order valence-electron chi connectivity index (χ3n) is 4.82. The molecule has 4 atom stereocenters. The molecule has 0 fully saturated rings. The van der Waals surface area contributed by atoms with E-state index in [0.29, 0.717) is 24.6 Å². The fourth-order valence-corrected chi connectivity index (χ4v) is 4.21. The zero-order valence-corrected chi connectivity index (χ0v) is 20.9. The smallest absolute Gasteiger partial charge is 0.407 e. The Morgan fingerprint density at radius 1 is 1.18 bits per heavy atom. The van der Waals surface area contributed by atoms with Gasteiger partial charge >= 0.3 is 12.2 Å². The highest BCUT2D eigenvalue weighted by molar-refractivity contribution is 8.00. The second kappa shape index (κ2) is 12.8.